The molecule has 0 aliphatic heterocycles. The molecule has 2 rings (SSSR count). The summed E-state index contributed by atoms with van der Waals surface area (Å²) in [7, 11) is 1.48. The topological polar surface area (TPSA) is 64.1 Å². The van der Waals surface area contributed by atoms with E-state index in [-0.39, 0.29) is 5.91 Å². The molecular weight excluding hydrogens is 413 g/mol. The quantitative estimate of drug-likeness (QED) is 0.816. The zero-order valence-corrected chi connectivity index (χ0v) is 14.1. The number of methoxy groups -OCH3 is 1. The third kappa shape index (κ3) is 3.47. The smallest absolute Gasteiger partial charge is 0.260 e. The highest BCUT2D eigenvalue weighted by atomic mass is 79.9. The lowest BCUT2D eigenvalue weighted by atomic mass is 10.2. The number of amides is 1. The number of anilines is 1. The summed E-state index contributed by atoms with van der Waals surface area (Å²) in [5.74, 6) is 0.343. The number of halogens is 3. The van der Waals surface area contributed by atoms with E-state index in [0.717, 1.165) is 0 Å². The van der Waals surface area contributed by atoms with Gasteiger partial charge in [-0.2, -0.15) is 0 Å². The molecule has 0 radical (unpaired) electrons. The molecule has 0 spiro atoms. The summed E-state index contributed by atoms with van der Waals surface area (Å²) in [6.07, 6.45) is 1.48. The maximum Gasteiger partial charge on any atom is 0.260 e. The molecule has 0 aliphatic carbocycles. The monoisotopic (exact) mass is 419 g/mol. The normalized spacial score (nSPS) is 10.2. The van der Waals surface area contributed by atoms with Crippen molar-refractivity contribution in [3.8, 4) is 5.75 Å². The van der Waals surface area contributed by atoms with E-state index in [4.69, 9.17) is 16.3 Å². The van der Waals surface area contributed by atoms with Crippen LogP contribution in [0.4, 0.5) is 5.82 Å². The lowest BCUT2D eigenvalue weighted by molar-refractivity contribution is 0.102. The molecule has 1 aromatic heterocycles. The summed E-state index contributed by atoms with van der Waals surface area (Å²) in [6, 6.07) is 4.79. The first-order valence-corrected chi connectivity index (χ1v) is 7.30. The lowest BCUT2D eigenvalue weighted by Gasteiger charge is -2.10. The first-order valence-electron chi connectivity index (χ1n) is 5.34. The Hall–Kier alpha value is -1.18. The second-order valence-electron chi connectivity index (χ2n) is 3.63. The molecule has 5 nitrogen and oxygen atoms in total. The number of ether oxygens (including phenoxy) is 1. The van der Waals surface area contributed by atoms with E-state index in [1.165, 1.54) is 19.4 Å². The van der Waals surface area contributed by atoms with Crippen LogP contribution in [0.3, 0.4) is 0 Å². The van der Waals surface area contributed by atoms with E-state index in [9.17, 15) is 4.79 Å². The van der Waals surface area contributed by atoms with Crippen LogP contribution in [-0.2, 0) is 0 Å². The van der Waals surface area contributed by atoms with E-state index in [1.54, 1.807) is 12.1 Å². The minimum absolute atomic E-state index is 0.306. The van der Waals surface area contributed by atoms with Crippen LogP contribution in [-0.4, -0.2) is 23.0 Å². The Morgan fingerprint density at radius 3 is 2.80 bits per heavy atom. The Morgan fingerprint density at radius 1 is 1.40 bits per heavy atom. The summed E-state index contributed by atoms with van der Waals surface area (Å²) in [4.78, 5) is 20.4. The van der Waals surface area contributed by atoms with Crippen molar-refractivity contribution < 1.29 is 9.53 Å². The van der Waals surface area contributed by atoms with Crippen molar-refractivity contribution >= 4 is 55.2 Å². The van der Waals surface area contributed by atoms with Gasteiger partial charge in [-0.3, -0.25) is 4.79 Å². The average molecular weight is 421 g/mol. The number of carbonyl (C=O) groups excluding carboxylic acids is 1. The van der Waals surface area contributed by atoms with Gasteiger partial charge in [0.15, 0.2) is 5.82 Å². The van der Waals surface area contributed by atoms with Crippen LogP contribution < -0.4 is 10.1 Å². The zero-order valence-electron chi connectivity index (χ0n) is 10.2. The van der Waals surface area contributed by atoms with Crippen molar-refractivity contribution in [2.24, 2.45) is 0 Å². The Bertz CT molecular complexity index is 667. The molecule has 0 saturated carbocycles. The maximum atomic E-state index is 12.2. The molecule has 1 N–H and O–H groups in total. The highest BCUT2D eigenvalue weighted by molar-refractivity contribution is 9.11. The summed E-state index contributed by atoms with van der Waals surface area (Å²) in [5, 5.41) is 3.08. The molecular formula is C12H8Br2ClN3O2. The first kappa shape index (κ1) is 15.2. The summed E-state index contributed by atoms with van der Waals surface area (Å²) < 4.78 is 6.11. The van der Waals surface area contributed by atoms with E-state index >= 15 is 0 Å². The summed E-state index contributed by atoms with van der Waals surface area (Å²) in [5.41, 5.74) is 0.316. The van der Waals surface area contributed by atoms with Gasteiger partial charge in [0.25, 0.3) is 5.91 Å². The fraction of sp³-hybridized carbons (Fsp3) is 0.0833. The molecule has 0 fully saturated rings. The van der Waals surface area contributed by atoms with Gasteiger partial charge in [0.1, 0.15) is 15.0 Å². The molecule has 0 saturated heterocycles. The second-order valence-corrected chi connectivity index (χ2v) is 5.63. The van der Waals surface area contributed by atoms with Gasteiger partial charge >= 0.3 is 0 Å². The number of hydrogen-bond donors (Lipinski definition) is 1. The van der Waals surface area contributed by atoms with Gasteiger partial charge in [-0.15, -0.1) is 0 Å². The van der Waals surface area contributed by atoms with Crippen LogP contribution in [0, 0.1) is 0 Å². The van der Waals surface area contributed by atoms with Crippen LogP contribution in [0.5, 0.6) is 5.75 Å². The number of carbonyl (C=O) groups is 1. The van der Waals surface area contributed by atoms with Crippen molar-refractivity contribution in [1.29, 1.82) is 0 Å². The van der Waals surface area contributed by atoms with Gasteiger partial charge in [-0.25, -0.2) is 9.97 Å². The number of rotatable bonds is 3. The van der Waals surface area contributed by atoms with Gasteiger partial charge in [-0.1, -0.05) is 11.6 Å². The van der Waals surface area contributed by atoms with E-state index in [2.05, 4.69) is 47.1 Å². The fourth-order valence-corrected chi connectivity index (χ4v) is 2.55. The molecule has 20 heavy (non-hydrogen) atoms. The largest absolute Gasteiger partial charge is 0.496 e. The Kier molecular flexibility index (Phi) is 4.95. The van der Waals surface area contributed by atoms with Gasteiger partial charge in [-0.05, 0) is 50.1 Å². The first-order chi connectivity index (χ1) is 9.51. The minimum atomic E-state index is -0.387. The van der Waals surface area contributed by atoms with Crippen LogP contribution in [0.15, 0.2) is 33.6 Å². The average Bonchev–Trinajstić information content (AvgIpc) is 2.41. The molecule has 0 unspecified atom stereocenters. The zero-order chi connectivity index (χ0) is 14.7. The molecule has 1 heterocycles. The van der Waals surface area contributed by atoms with E-state index in [1.807, 2.05) is 0 Å². The summed E-state index contributed by atoms with van der Waals surface area (Å²) in [6.45, 7) is 0. The predicted octanol–water partition coefficient (Wildman–Crippen LogP) is 3.92. The van der Waals surface area contributed by atoms with Crippen molar-refractivity contribution in [3.63, 3.8) is 0 Å². The number of hydrogen-bond acceptors (Lipinski definition) is 4. The Morgan fingerprint density at radius 2 is 2.15 bits per heavy atom. The molecule has 104 valence electrons. The fourth-order valence-electron chi connectivity index (χ4n) is 1.46. The number of benzene rings is 1. The third-order valence-electron chi connectivity index (χ3n) is 2.34. The molecule has 8 heteroatoms. The Labute approximate surface area is 137 Å². The van der Waals surface area contributed by atoms with Gasteiger partial charge in [0.2, 0.25) is 0 Å². The highest BCUT2D eigenvalue weighted by Gasteiger charge is 2.15. The van der Waals surface area contributed by atoms with Crippen molar-refractivity contribution in [1.82, 2.24) is 9.97 Å². The highest BCUT2D eigenvalue weighted by Crippen LogP contribution is 2.25. The van der Waals surface area contributed by atoms with Crippen LogP contribution >= 0.6 is 43.5 Å². The second kappa shape index (κ2) is 6.51. The van der Waals surface area contributed by atoms with E-state index in [0.29, 0.717) is 31.4 Å². The van der Waals surface area contributed by atoms with Crippen molar-refractivity contribution in [2.75, 3.05) is 12.4 Å². The number of nitrogens with zero attached hydrogens (tertiary/aromatic N) is 2. The van der Waals surface area contributed by atoms with Gasteiger partial charge in [0.05, 0.1) is 18.9 Å². The predicted molar refractivity (Wildman–Crippen MR) is 83.4 cm³/mol. The standard InChI is InChI=1S/C12H8Br2ClN3O2/c1-20-8-3-2-6(15)4-7(8)12(19)18-11-10(14)17-9(13)5-16-11/h2-5H,1H3,(H,16,18,19). The lowest BCUT2D eigenvalue weighted by Crippen LogP contribution is -2.15. The van der Waals surface area contributed by atoms with Gasteiger partial charge < -0.3 is 10.1 Å². The summed E-state index contributed by atoms with van der Waals surface area (Å²) >= 11 is 12.3. The minimum Gasteiger partial charge on any atom is -0.496 e. The molecule has 0 aliphatic rings. The molecule has 1 aromatic carbocycles. The molecule has 0 atom stereocenters. The number of nitrogens with one attached hydrogen (secondary N) is 1. The van der Waals surface area contributed by atoms with Crippen LogP contribution in [0.1, 0.15) is 10.4 Å². The molecule has 2 aromatic rings. The molecule has 0 bridgehead atoms. The van der Waals surface area contributed by atoms with Crippen LogP contribution in [0.25, 0.3) is 0 Å². The maximum absolute atomic E-state index is 12.2. The van der Waals surface area contributed by atoms with Crippen molar-refractivity contribution in [3.05, 3.63) is 44.2 Å². The third-order valence-corrected chi connectivity index (χ3v) is 3.51. The van der Waals surface area contributed by atoms with Crippen LogP contribution in [0.2, 0.25) is 5.02 Å². The van der Waals surface area contributed by atoms with Crippen molar-refractivity contribution in [2.45, 2.75) is 0 Å². The van der Waals surface area contributed by atoms with E-state index < -0.39 is 0 Å². The SMILES string of the molecule is COc1ccc(Cl)cc1C(=O)Nc1ncc(Br)nc1Br. The Balaban J connectivity index is 2.30. The number of aromatic nitrogens is 2. The van der Waals surface area contributed by atoms with Gasteiger partial charge in [0, 0.05) is 5.02 Å². The molecule has 1 amide bonds.